The van der Waals surface area contributed by atoms with Gasteiger partial charge in [0.25, 0.3) is 0 Å². The van der Waals surface area contributed by atoms with Crippen LogP contribution in [0.25, 0.3) is 0 Å². The Kier molecular flexibility index (Phi) is 4.18. The van der Waals surface area contributed by atoms with Crippen LogP contribution in [-0.4, -0.2) is 10.3 Å². The Morgan fingerprint density at radius 1 is 0.857 bits per heavy atom. The van der Waals surface area contributed by atoms with Gasteiger partial charge in [-0.05, 0) is 53.0 Å². The minimum Gasteiger partial charge on any atom is -0.379 e. The molecule has 0 aliphatic carbocycles. The summed E-state index contributed by atoms with van der Waals surface area (Å²) >= 11 is 6.00. The molecule has 0 unspecified atom stereocenters. The largest absolute Gasteiger partial charge is 0.379 e. The van der Waals surface area contributed by atoms with Crippen LogP contribution in [0.5, 0.6) is 0 Å². The molecule has 0 saturated heterocycles. The van der Waals surface area contributed by atoms with Gasteiger partial charge in [0.15, 0.2) is 10.3 Å². The lowest BCUT2D eigenvalue weighted by Gasteiger charge is -2.43. The van der Waals surface area contributed by atoms with E-state index in [0.29, 0.717) is 0 Å². The third-order valence-electron chi connectivity index (χ3n) is 2.99. The van der Waals surface area contributed by atoms with E-state index in [-0.39, 0.29) is 10.3 Å². The van der Waals surface area contributed by atoms with Crippen molar-refractivity contribution in [1.82, 2.24) is 0 Å². The topological polar surface area (TPSA) is 99.7 Å². The van der Waals surface area contributed by atoms with E-state index in [1.54, 1.807) is 0 Å². The summed E-state index contributed by atoms with van der Waals surface area (Å²) < 4.78 is 0. The van der Waals surface area contributed by atoms with Crippen molar-refractivity contribution in [3.8, 4) is 0 Å². The van der Waals surface area contributed by atoms with Gasteiger partial charge in [-0.15, -0.1) is 0 Å². The molecule has 21 heavy (non-hydrogen) atoms. The van der Waals surface area contributed by atoms with Gasteiger partial charge in [-0.3, -0.25) is 10.8 Å². The van der Waals surface area contributed by atoms with Crippen LogP contribution in [-0.2, 0) is 17.9 Å². The highest BCUT2D eigenvalue weighted by Gasteiger charge is 2.42. The molecule has 0 aliphatic rings. The van der Waals surface area contributed by atoms with Crippen molar-refractivity contribution in [2.24, 2.45) is 11.5 Å². The zero-order chi connectivity index (χ0) is 15.5. The second-order valence-corrected chi connectivity index (χ2v) is 13.2. The second kappa shape index (κ2) is 5.59. The molecule has 2 aromatic rings. The highest BCUT2D eigenvalue weighted by atomic mass is 33.4. The van der Waals surface area contributed by atoms with Crippen LogP contribution in [0.15, 0.2) is 70.5 Å². The second-order valence-electron chi connectivity index (χ2n) is 4.31. The molecule has 0 aromatic heterocycles. The minimum absolute atomic E-state index is 0.139. The van der Waals surface area contributed by atoms with Gasteiger partial charge in [0.05, 0.1) is 0 Å². The van der Waals surface area contributed by atoms with Gasteiger partial charge >= 0.3 is 0 Å². The third-order valence-corrected chi connectivity index (χ3v) is 12.0. The molecule has 7 heteroatoms. The smallest absolute Gasteiger partial charge is 0.161 e. The number of hydrogen-bond donors (Lipinski definition) is 4. The number of rotatable bonds is 2. The maximum absolute atomic E-state index is 8.21. The van der Waals surface area contributed by atoms with Crippen molar-refractivity contribution in [3.05, 3.63) is 60.7 Å². The van der Waals surface area contributed by atoms with Gasteiger partial charge in [0, 0.05) is 9.79 Å². The molecular weight excluding hydrogens is 320 g/mol. The van der Waals surface area contributed by atoms with Gasteiger partial charge < -0.3 is 11.5 Å². The number of nitrogens with one attached hydrogen (secondary N) is 2. The Morgan fingerprint density at radius 3 is 1.52 bits per heavy atom. The predicted molar refractivity (Wildman–Crippen MR) is 95.6 cm³/mol. The SMILES string of the molecule is N=C(N)SS(=S)(C(=N)N)(c1ccccc1)c1ccccc1. The minimum atomic E-state index is -3.37. The lowest BCUT2D eigenvalue weighted by Crippen LogP contribution is -2.43. The molecule has 0 aliphatic heterocycles. The van der Waals surface area contributed by atoms with Crippen molar-refractivity contribution in [2.45, 2.75) is 9.79 Å². The summed E-state index contributed by atoms with van der Waals surface area (Å²) in [6, 6.07) is 18.5. The van der Waals surface area contributed by atoms with Crippen LogP contribution in [0.3, 0.4) is 0 Å². The third kappa shape index (κ3) is 2.48. The van der Waals surface area contributed by atoms with Gasteiger partial charge in [-0.25, -0.2) is 0 Å². The lowest BCUT2D eigenvalue weighted by molar-refractivity contribution is 1.37. The van der Waals surface area contributed by atoms with E-state index in [1.165, 1.54) is 0 Å². The van der Waals surface area contributed by atoms with Crippen LogP contribution in [0.2, 0.25) is 0 Å². The van der Waals surface area contributed by atoms with Crippen molar-refractivity contribution in [2.75, 3.05) is 0 Å². The van der Waals surface area contributed by atoms with E-state index in [9.17, 15) is 0 Å². The first-order chi connectivity index (χ1) is 9.89. The van der Waals surface area contributed by atoms with E-state index >= 15 is 0 Å². The molecular formula is C14H16N4S3. The molecule has 0 saturated carbocycles. The van der Waals surface area contributed by atoms with E-state index < -0.39 is 6.75 Å². The summed E-state index contributed by atoms with van der Waals surface area (Å²) in [7, 11) is 0.998. The highest BCUT2D eigenvalue weighted by molar-refractivity contribution is 9.07. The molecule has 0 radical (unpaired) electrons. The van der Waals surface area contributed by atoms with E-state index in [4.69, 9.17) is 33.5 Å². The average Bonchev–Trinajstić information content (AvgIpc) is 2.48. The fraction of sp³-hybridized carbons (Fsp3) is 0. The summed E-state index contributed by atoms with van der Waals surface area (Å²) in [6.07, 6.45) is 0. The summed E-state index contributed by atoms with van der Waals surface area (Å²) in [4.78, 5) is 1.48. The molecule has 2 rings (SSSR count). The Labute approximate surface area is 131 Å². The average molecular weight is 337 g/mol. The predicted octanol–water partition coefficient (Wildman–Crippen LogP) is 2.69. The molecule has 4 nitrogen and oxygen atoms in total. The Hall–Kier alpha value is -1.70. The van der Waals surface area contributed by atoms with Gasteiger partial charge in [-0.1, -0.05) is 36.4 Å². The zero-order valence-electron chi connectivity index (χ0n) is 11.2. The first-order valence-corrected chi connectivity index (χ1v) is 10.3. The van der Waals surface area contributed by atoms with E-state index in [1.807, 2.05) is 60.7 Å². The molecule has 110 valence electrons. The summed E-state index contributed by atoms with van der Waals surface area (Å²) in [6.45, 7) is -3.37. The number of nitrogens with two attached hydrogens (primary N) is 2. The number of benzene rings is 2. The van der Waals surface area contributed by atoms with Crippen LogP contribution < -0.4 is 11.5 Å². The maximum atomic E-state index is 8.21. The highest BCUT2D eigenvalue weighted by Crippen LogP contribution is 2.53. The molecule has 0 atom stereocenters. The first kappa shape index (κ1) is 15.7. The Balaban J connectivity index is 2.90. The Bertz CT molecular complexity index is 698. The van der Waals surface area contributed by atoms with Gasteiger partial charge in [-0.2, -0.15) is 0 Å². The van der Waals surface area contributed by atoms with Crippen LogP contribution in [0.4, 0.5) is 0 Å². The van der Waals surface area contributed by atoms with Gasteiger partial charge in [0.2, 0.25) is 0 Å². The summed E-state index contributed by atoms with van der Waals surface area (Å²) in [5, 5.41) is 15.6. The van der Waals surface area contributed by atoms with Crippen molar-refractivity contribution >= 4 is 39.1 Å². The van der Waals surface area contributed by atoms with E-state index in [0.717, 1.165) is 20.6 Å². The summed E-state index contributed by atoms with van der Waals surface area (Å²) in [5.41, 5.74) is 11.6. The van der Waals surface area contributed by atoms with Crippen molar-refractivity contribution in [3.63, 3.8) is 0 Å². The molecule has 6 N–H and O–H groups in total. The fourth-order valence-corrected chi connectivity index (χ4v) is 8.61. The number of amidine groups is 2. The van der Waals surface area contributed by atoms with Crippen LogP contribution in [0.1, 0.15) is 0 Å². The standard InChI is InChI=1S/C14H16N4S3/c15-13(16)20-21(19,14(17)18,11-7-3-1-4-8-11)12-9-5-2-6-10-12/h1-10H,(H3,15,16)(H3,17,18). The quantitative estimate of drug-likeness (QED) is 0.385. The summed E-state index contributed by atoms with van der Waals surface area (Å²) in [5.74, 6) is 0. The normalized spacial score (nSPS) is 13.0. The van der Waals surface area contributed by atoms with Crippen LogP contribution >= 0.6 is 10.8 Å². The monoisotopic (exact) mass is 336 g/mol. The molecule has 0 bridgehead atoms. The number of hydrogen-bond acceptors (Lipinski definition) is 4. The molecule has 2 aromatic carbocycles. The molecule has 0 spiro atoms. The fourth-order valence-electron chi connectivity index (χ4n) is 2.04. The molecule has 0 heterocycles. The van der Waals surface area contributed by atoms with Gasteiger partial charge in [0.1, 0.15) is 0 Å². The Morgan fingerprint density at radius 2 is 1.24 bits per heavy atom. The lowest BCUT2D eigenvalue weighted by atomic mass is 10.4. The zero-order valence-corrected chi connectivity index (χ0v) is 13.6. The molecule has 0 amide bonds. The molecule has 0 fully saturated rings. The van der Waals surface area contributed by atoms with E-state index in [2.05, 4.69) is 0 Å². The van der Waals surface area contributed by atoms with Crippen molar-refractivity contribution in [1.29, 1.82) is 10.8 Å². The maximum Gasteiger partial charge on any atom is 0.161 e. The first-order valence-electron chi connectivity index (χ1n) is 6.05. The van der Waals surface area contributed by atoms with Crippen LogP contribution in [0, 0.1) is 10.8 Å². The van der Waals surface area contributed by atoms with Crippen molar-refractivity contribution < 1.29 is 0 Å².